The van der Waals surface area contributed by atoms with Gasteiger partial charge in [-0.1, -0.05) is 6.92 Å². The fraction of sp³-hybridized carbons (Fsp3) is 0.533. The molecule has 20 heavy (non-hydrogen) atoms. The van der Waals surface area contributed by atoms with Crippen LogP contribution in [0, 0.1) is 5.92 Å². The monoisotopic (exact) mass is 342 g/mol. The molecule has 1 fully saturated rings. The summed E-state index contributed by atoms with van der Waals surface area (Å²) in [5.74, 6) is 0.636. The van der Waals surface area contributed by atoms with Gasteiger partial charge >= 0.3 is 5.97 Å². The van der Waals surface area contributed by atoms with E-state index in [0.717, 1.165) is 36.1 Å². The number of hydrogen-bond acceptors (Lipinski definition) is 3. The number of hydrogen-bond donors (Lipinski definition) is 1. The predicted molar refractivity (Wildman–Crippen MR) is 79.7 cm³/mol. The van der Waals surface area contributed by atoms with Gasteiger partial charge in [0.15, 0.2) is 0 Å². The fourth-order valence-corrected chi connectivity index (χ4v) is 2.90. The molecule has 1 aromatic rings. The molecule has 2 rings (SSSR count). The molecule has 0 aromatic heterocycles. The highest BCUT2D eigenvalue weighted by atomic mass is 79.9. The van der Waals surface area contributed by atoms with Gasteiger partial charge in [0, 0.05) is 0 Å². The molecule has 1 aliphatic rings. The minimum atomic E-state index is -1.02. The van der Waals surface area contributed by atoms with Crippen molar-refractivity contribution in [2.45, 2.75) is 38.7 Å². The first kappa shape index (κ1) is 15.2. The molecule has 0 amide bonds. The van der Waals surface area contributed by atoms with Gasteiger partial charge in [0.1, 0.15) is 17.1 Å². The maximum atomic E-state index is 11.2. The van der Waals surface area contributed by atoms with Crippen LogP contribution in [0.1, 0.15) is 43.0 Å². The quantitative estimate of drug-likeness (QED) is 0.894. The molecule has 0 radical (unpaired) electrons. The highest BCUT2D eigenvalue weighted by Crippen LogP contribution is 2.35. The third-order valence-electron chi connectivity index (χ3n) is 3.74. The number of benzene rings is 1. The summed E-state index contributed by atoms with van der Waals surface area (Å²) in [5, 5.41) is 9.20. The first-order valence-corrected chi connectivity index (χ1v) is 7.58. The molecule has 0 atom stereocenters. The number of halogens is 1. The van der Waals surface area contributed by atoms with Crippen LogP contribution in [-0.2, 0) is 0 Å². The maximum Gasteiger partial charge on any atom is 0.339 e. The van der Waals surface area contributed by atoms with E-state index in [1.54, 1.807) is 6.07 Å². The Morgan fingerprint density at radius 3 is 2.45 bits per heavy atom. The predicted octanol–water partition coefficient (Wildman–Crippen LogP) is 4.11. The molecule has 5 heteroatoms. The highest BCUT2D eigenvalue weighted by molar-refractivity contribution is 9.10. The van der Waals surface area contributed by atoms with Crippen LogP contribution in [0.2, 0.25) is 0 Å². The van der Waals surface area contributed by atoms with E-state index in [2.05, 4.69) is 22.9 Å². The zero-order valence-electron chi connectivity index (χ0n) is 11.7. The van der Waals surface area contributed by atoms with Gasteiger partial charge in [0.25, 0.3) is 0 Å². The smallest absolute Gasteiger partial charge is 0.339 e. The lowest BCUT2D eigenvalue weighted by Gasteiger charge is -2.27. The fourth-order valence-electron chi connectivity index (χ4n) is 2.49. The Kier molecular flexibility index (Phi) is 4.91. The molecule has 110 valence electrons. The van der Waals surface area contributed by atoms with Crippen molar-refractivity contribution >= 4 is 21.9 Å². The van der Waals surface area contributed by atoms with Crippen molar-refractivity contribution in [3.63, 3.8) is 0 Å². The second kappa shape index (κ2) is 6.48. The summed E-state index contributed by atoms with van der Waals surface area (Å²) < 4.78 is 11.8. The van der Waals surface area contributed by atoms with E-state index in [4.69, 9.17) is 9.47 Å². The Morgan fingerprint density at radius 1 is 1.25 bits per heavy atom. The zero-order chi connectivity index (χ0) is 14.7. The van der Waals surface area contributed by atoms with E-state index >= 15 is 0 Å². The van der Waals surface area contributed by atoms with Crippen molar-refractivity contribution in [1.29, 1.82) is 0 Å². The molecule has 0 saturated heterocycles. The van der Waals surface area contributed by atoms with Crippen molar-refractivity contribution in [2.75, 3.05) is 7.11 Å². The average molecular weight is 343 g/mol. The summed E-state index contributed by atoms with van der Waals surface area (Å²) in [7, 11) is 1.46. The Bertz CT molecular complexity index is 493. The molecule has 1 N–H and O–H groups in total. The Morgan fingerprint density at radius 2 is 1.90 bits per heavy atom. The first-order chi connectivity index (χ1) is 9.51. The first-order valence-electron chi connectivity index (χ1n) is 6.78. The van der Waals surface area contributed by atoms with Crippen LogP contribution < -0.4 is 9.47 Å². The van der Waals surface area contributed by atoms with Gasteiger partial charge < -0.3 is 14.6 Å². The number of carbonyl (C=O) groups is 1. The van der Waals surface area contributed by atoms with E-state index < -0.39 is 5.97 Å². The summed E-state index contributed by atoms with van der Waals surface area (Å²) in [4.78, 5) is 11.2. The van der Waals surface area contributed by atoms with Gasteiger partial charge in [-0.25, -0.2) is 4.79 Å². The van der Waals surface area contributed by atoms with Crippen LogP contribution in [0.15, 0.2) is 16.6 Å². The second-order valence-corrected chi connectivity index (χ2v) is 6.14. The molecule has 4 nitrogen and oxygen atoms in total. The van der Waals surface area contributed by atoms with Crippen LogP contribution in [-0.4, -0.2) is 24.3 Å². The van der Waals surface area contributed by atoms with Crippen LogP contribution >= 0.6 is 15.9 Å². The largest absolute Gasteiger partial charge is 0.496 e. The van der Waals surface area contributed by atoms with E-state index in [1.165, 1.54) is 13.2 Å². The summed E-state index contributed by atoms with van der Waals surface area (Å²) >= 11 is 3.41. The Hall–Kier alpha value is -1.23. The van der Waals surface area contributed by atoms with Gasteiger partial charge in [0.05, 0.1) is 17.7 Å². The second-order valence-electron chi connectivity index (χ2n) is 5.29. The van der Waals surface area contributed by atoms with Crippen molar-refractivity contribution < 1.29 is 19.4 Å². The van der Waals surface area contributed by atoms with Crippen LogP contribution in [0.3, 0.4) is 0 Å². The topological polar surface area (TPSA) is 55.8 Å². The van der Waals surface area contributed by atoms with E-state index in [1.807, 2.05) is 0 Å². The summed E-state index contributed by atoms with van der Waals surface area (Å²) in [6.07, 6.45) is 4.51. The molecule has 0 unspecified atom stereocenters. The van der Waals surface area contributed by atoms with Gasteiger partial charge in [-0.2, -0.15) is 0 Å². The molecule has 0 bridgehead atoms. The zero-order valence-corrected chi connectivity index (χ0v) is 13.3. The van der Waals surface area contributed by atoms with Crippen molar-refractivity contribution in [3.05, 3.63) is 22.2 Å². The van der Waals surface area contributed by atoms with Gasteiger partial charge in [-0.3, -0.25) is 0 Å². The lowest BCUT2D eigenvalue weighted by molar-refractivity contribution is 0.0691. The standard InChI is InChI=1S/C15H19BrO4/c1-9-3-5-10(6-4-9)20-14-7-11(15(17)18)13(19-2)8-12(14)16/h7-10H,3-6H2,1-2H3,(H,17,18). The van der Waals surface area contributed by atoms with Crippen LogP contribution in [0.4, 0.5) is 0 Å². The lowest BCUT2D eigenvalue weighted by Crippen LogP contribution is -2.23. The Labute approximate surface area is 127 Å². The minimum Gasteiger partial charge on any atom is -0.496 e. The summed E-state index contributed by atoms with van der Waals surface area (Å²) in [5.41, 5.74) is 0.120. The average Bonchev–Trinajstić information content (AvgIpc) is 2.42. The van der Waals surface area contributed by atoms with Crippen molar-refractivity contribution in [1.82, 2.24) is 0 Å². The van der Waals surface area contributed by atoms with E-state index in [-0.39, 0.29) is 11.7 Å². The number of aromatic carboxylic acids is 1. The van der Waals surface area contributed by atoms with Crippen LogP contribution in [0.25, 0.3) is 0 Å². The molecule has 1 aromatic carbocycles. The number of rotatable bonds is 4. The van der Waals surface area contributed by atoms with Gasteiger partial charge in [0.2, 0.25) is 0 Å². The third kappa shape index (κ3) is 3.45. The number of carboxylic acid groups (broad SMARTS) is 1. The van der Waals surface area contributed by atoms with E-state index in [0.29, 0.717) is 11.5 Å². The van der Waals surface area contributed by atoms with Crippen molar-refractivity contribution in [2.24, 2.45) is 5.92 Å². The highest BCUT2D eigenvalue weighted by Gasteiger charge is 2.22. The lowest BCUT2D eigenvalue weighted by atomic mass is 9.89. The molecule has 1 saturated carbocycles. The number of ether oxygens (including phenoxy) is 2. The van der Waals surface area contributed by atoms with Crippen LogP contribution in [0.5, 0.6) is 11.5 Å². The molecule has 0 heterocycles. The normalized spacial score (nSPS) is 22.4. The Balaban J connectivity index is 2.19. The number of carboxylic acids is 1. The molecular formula is C15H19BrO4. The molecule has 0 aliphatic heterocycles. The van der Waals surface area contributed by atoms with E-state index in [9.17, 15) is 9.90 Å². The summed E-state index contributed by atoms with van der Waals surface area (Å²) in [6, 6.07) is 3.17. The number of methoxy groups -OCH3 is 1. The third-order valence-corrected chi connectivity index (χ3v) is 4.36. The SMILES string of the molecule is COc1cc(Br)c(OC2CCC(C)CC2)cc1C(=O)O. The molecule has 0 spiro atoms. The minimum absolute atomic E-state index is 0.120. The summed E-state index contributed by atoms with van der Waals surface area (Å²) in [6.45, 7) is 2.25. The molecular weight excluding hydrogens is 324 g/mol. The van der Waals surface area contributed by atoms with Crippen molar-refractivity contribution in [3.8, 4) is 11.5 Å². The van der Waals surface area contributed by atoms with Gasteiger partial charge in [-0.15, -0.1) is 0 Å². The molecule has 1 aliphatic carbocycles. The van der Waals surface area contributed by atoms with Gasteiger partial charge in [-0.05, 0) is 59.7 Å². The maximum absolute atomic E-state index is 11.2.